The Hall–Kier alpha value is -0.900. The quantitative estimate of drug-likeness (QED) is 0.907. The van der Waals surface area contributed by atoms with Crippen LogP contribution in [0, 0.1) is 0 Å². The highest BCUT2D eigenvalue weighted by Gasteiger charge is 2.25. The van der Waals surface area contributed by atoms with E-state index < -0.39 is 0 Å². The van der Waals surface area contributed by atoms with Gasteiger partial charge in [-0.1, -0.05) is 24.3 Å². The molecule has 2 aliphatic heterocycles. The summed E-state index contributed by atoms with van der Waals surface area (Å²) in [5.74, 6) is 0.643. The number of likely N-dealkylation sites (N-methyl/N-ethyl adjacent to an activating group) is 1. The van der Waals surface area contributed by atoms with Gasteiger partial charge < -0.3 is 15.1 Å². The maximum Gasteiger partial charge on any atom is 0.0208 e. The molecule has 0 aliphatic carbocycles. The molecule has 0 bridgehead atoms. The van der Waals surface area contributed by atoms with Crippen molar-refractivity contribution in [1.82, 2.24) is 15.1 Å². The number of hydrogen-bond donors (Lipinski definition) is 1. The molecule has 0 saturated carbocycles. The van der Waals surface area contributed by atoms with Gasteiger partial charge in [0, 0.05) is 31.6 Å². The van der Waals surface area contributed by atoms with Gasteiger partial charge in [-0.15, -0.1) is 0 Å². The maximum absolute atomic E-state index is 3.57. The molecule has 1 fully saturated rings. The van der Waals surface area contributed by atoms with Gasteiger partial charge in [0.05, 0.1) is 0 Å². The van der Waals surface area contributed by atoms with Gasteiger partial charge in [0.1, 0.15) is 0 Å². The number of fused-ring (bicyclic) bond motifs is 1. The van der Waals surface area contributed by atoms with Crippen molar-refractivity contribution in [3.8, 4) is 0 Å². The van der Waals surface area contributed by atoms with Crippen LogP contribution in [-0.4, -0.2) is 56.1 Å². The molecule has 1 saturated heterocycles. The van der Waals surface area contributed by atoms with Crippen molar-refractivity contribution in [1.29, 1.82) is 0 Å². The molecule has 20 heavy (non-hydrogen) atoms. The van der Waals surface area contributed by atoms with Gasteiger partial charge in [0.2, 0.25) is 0 Å². The molecule has 2 aliphatic rings. The van der Waals surface area contributed by atoms with E-state index in [1.165, 1.54) is 38.0 Å². The zero-order valence-electron chi connectivity index (χ0n) is 12.8. The van der Waals surface area contributed by atoms with Crippen molar-refractivity contribution in [2.75, 3.05) is 40.3 Å². The second-order valence-corrected chi connectivity index (χ2v) is 6.50. The van der Waals surface area contributed by atoms with Crippen molar-refractivity contribution in [2.24, 2.45) is 0 Å². The number of piperidine rings is 1. The molecule has 0 radical (unpaired) electrons. The third kappa shape index (κ3) is 3.05. The molecule has 3 heteroatoms. The lowest BCUT2D eigenvalue weighted by Crippen LogP contribution is -2.44. The van der Waals surface area contributed by atoms with Gasteiger partial charge >= 0.3 is 0 Å². The molecule has 0 amide bonds. The van der Waals surface area contributed by atoms with Gasteiger partial charge in [0.15, 0.2) is 0 Å². The summed E-state index contributed by atoms with van der Waals surface area (Å²) < 4.78 is 0. The standard InChI is InChI=1S/C17H27N3/c1-19-9-7-16(8-10-19)20(2)13-15-12-18-11-14-5-3-4-6-17(14)15/h3-6,15-16,18H,7-13H2,1-2H3. The van der Waals surface area contributed by atoms with Gasteiger partial charge in [-0.05, 0) is 51.2 Å². The largest absolute Gasteiger partial charge is 0.312 e. The third-order valence-corrected chi connectivity index (χ3v) is 5.02. The minimum Gasteiger partial charge on any atom is -0.312 e. The number of rotatable bonds is 3. The Bertz CT molecular complexity index is 438. The first-order valence-electron chi connectivity index (χ1n) is 7.91. The summed E-state index contributed by atoms with van der Waals surface area (Å²) in [6.45, 7) is 5.82. The summed E-state index contributed by atoms with van der Waals surface area (Å²) in [5, 5.41) is 3.57. The minimum absolute atomic E-state index is 0.643. The number of nitrogens with one attached hydrogen (secondary N) is 1. The Morgan fingerprint density at radius 3 is 2.80 bits per heavy atom. The number of likely N-dealkylation sites (tertiary alicyclic amines) is 1. The topological polar surface area (TPSA) is 18.5 Å². The zero-order valence-corrected chi connectivity index (χ0v) is 12.8. The Kier molecular flexibility index (Phi) is 4.39. The SMILES string of the molecule is CN1CCC(N(C)CC2CNCc3ccccc32)CC1. The summed E-state index contributed by atoms with van der Waals surface area (Å²) in [4.78, 5) is 5.04. The number of hydrogen-bond acceptors (Lipinski definition) is 3. The van der Waals surface area contributed by atoms with E-state index in [1.54, 1.807) is 5.56 Å². The third-order valence-electron chi connectivity index (χ3n) is 5.02. The zero-order chi connectivity index (χ0) is 13.9. The maximum atomic E-state index is 3.57. The van der Waals surface area contributed by atoms with Crippen LogP contribution in [0.15, 0.2) is 24.3 Å². The van der Waals surface area contributed by atoms with E-state index in [4.69, 9.17) is 0 Å². The summed E-state index contributed by atoms with van der Waals surface area (Å²) in [6, 6.07) is 9.70. The van der Waals surface area contributed by atoms with E-state index >= 15 is 0 Å². The highest BCUT2D eigenvalue weighted by molar-refractivity contribution is 5.32. The highest BCUT2D eigenvalue weighted by atomic mass is 15.2. The molecule has 1 aromatic rings. The Labute approximate surface area is 123 Å². The lowest BCUT2D eigenvalue weighted by molar-refractivity contribution is 0.137. The molecule has 1 N–H and O–H groups in total. The van der Waals surface area contributed by atoms with E-state index in [9.17, 15) is 0 Å². The second-order valence-electron chi connectivity index (χ2n) is 6.50. The van der Waals surface area contributed by atoms with Crippen molar-refractivity contribution in [2.45, 2.75) is 31.3 Å². The Morgan fingerprint density at radius 2 is 2.00 bits per heavy atom. The van der Waals surface area contributed by atoms with Crippen LogP contribution in [0.4, 0.5) is 0 Å². The predicted octanol–water partition coefficient (Wildman–Crippen LogP) is 1.90. The molecule has 0 spiro atoms. The number of benzene rings is 1. The van der Waals surface area contributed by atoms with Gasteiger partial charge in [-0.2, -0.15) is 0 Å². The van der Waals surface area contributed by atoms with Gasteiger partial charge in [-0.3, -0.25) is 0 Å². The summed E-state index contributed by atoms with van der Waals surface area (Å²) in [5.41, 5.74) is 3.05. The first-order valence-corrected chi connectivity index (χ1v) is 7.91. The van der Waals surface area contributed by atoms with Crippen molar-refractivity contribution in [3.63, 3.8) is 0 Å². The van der Waals surface area contributed by atoms with Crippen LogP contribution in [0.5, 0.6) is 0 Å². The Balaban J connectivity index is 1.63. The van der Waals surface area contributed by atoms with E-state index in [-0.39, 0.29) is 0 Å². The summed E-state index contributed by atoms with van der Waals surface area (Å²) >= 11 is 0. The van der Waals surface area contributed by atoms with Crippen molar-refractivity contribution in [3.05, 3.63) is 35.4 Å². The van der Waals surface area contributed by atoms with Gasteiger partial charge in [-0.25, -0.2) is 0 Å². The second kappa shape index (κ2) is 6.25. The van der Waals surface area contributed by atoms with E-state index in [1.807, 2.05) is 0 Å². The average Bonchev–Trinajstić information content (AvgIpc) is 2.48. The van der Waals surface area contributed by atoms with E-state index in [0.717, 1.165) is 19.1 Å². The van der Waals surface area contributed by atoms with Crippen molar-refractivity contribution >= 4 is 0 Å². The fourth-order valence-corrected chi connectivity index (χ4v) is 3.68. The van der Waals surface area contributed by atoms with Crippen LogP contribution in [0.25, 0.3) is 0 Å². The van der Waals surface area contributed by atoms with E-state index in [0.29, 0.717) is 5.92 Å². The van der Waals surface area contributed by atoms with E-state index in [2.05, 4.69) is 53.5 Å². The monoisotopic (exact) mass is 273 g/mol. The molecular formula is C17H27N3. The fourth-order valence-electron chi connectivity index (χ4n) is 3.68. The summed E-state index contributed by atoms with van der Waals surface area (Å²) in [6.07, 6.45) is 2.63. The summed E-state index contributed by atoms with van der Waals surface area (Å²) in [7, 11) is 4.55. The van der Waals surface area contributed by atoms with Crippen LogP contribution in [0.3, 0.4) is 0 Å². The van der Waals surface area contributed by atoms with Crippen LogP contribution < -0.4 is 5.32 Å². The molecule has 1 atom stereocenters. The molecule has 3 nitrogen and oxygen atoms in total. The average molecular weight is 273 g/mol. The van der Waals surface area contributed by atoms with Crippen molar-refractivity contribution < 1.29 is 0 Å². The molecule has 0 aromatic heterocycles. The van der Waals surface area contributed by atoms with Crippen LogP contribution >= 0.6 is 0 Å². The van der Waals surface area contributed by atoms with Gasteiger partial charge in [0.25, 0.3) is 0 Å². The molecule has 2 heterocycles. The predicted molar refractivity (Wildman–Crippen MR) is 84.0 cm³/mol. The van der Waals surface area contributed by atoms with Crippen LogP contribution in [0.1, 0.15) is 29.9 Å². The lowest BCUT2D eigenvalue weighted by atomic mass is 9.90. The normalized spacial score (nSPS) is 24.9. The molecule has 110 valence electrons. The lowest BCUT2D eigenvalue weighted by Gasteiger charge is -2.38. The highest BCUT2D eigenvalue weighted by Crippen LogP contribution is 2.26. The molecule has 1 unspecified atom stereocenters. The molecular weight excluding hydrogens is 246 g/mol. The minimum atomic E-state index is 0.643. The number of nitrogens with zero attached hydrogens (tertiary/aromatic N) is 2. The smallest absolute Gasteiger partial charge is 0.0208 e. The fraction of sp³-hybridized carbons (Fsp3) is 0.647. The first-order chi connectivity index (χ1) is 9.74. The van der Waals surface area contributed by atoms with Crippen LogP contribution in [-0.2, 0) is 6.54 Å². The van der Waals surface area contributed by atoms with Crippen LogP contribution in [0.2, 0.25) is 0 Å². The Morgan fingerprint density at radius 1 is 1.25 bits per heavy atom. The molecule has 3 rings (SSSR count). The molecule has 1 aromatic carbocycles. The first kappa shape index (κ1) is 14.1.